The van der Waals surface area contributed by atoms with Crippen LogP contribution in [0.1, 0.15) is 89.5 Å². The van der Waals surface area contributed by atoms with Gasteiger partial charge in [0.15, 0.2) is 0 Å². The number of hydrogen-bond donors (Lipinski definition) is 0. The van der Waals surface area contributed by atoms with Crippen LogP contribution in [0.2, 0.25) is 0 Å². The Morgan fingerprint density at radius 2 is 0.818 bits per heavy atom. The van der Waals surface area contributed by atoms with Gasteiger partial charge in [-0.25, -0.2) is 0 Å². The maximum atomic E-state index is 6.64. The van der Waals surface area contributed by atoms with Gasteiger partial charge < -0.3 is 37.6 Å². The Bertz CT molecular complexity index is 2110. The minimum absolute atomic E-state index is 0.418. The van der Waals surface area contributed by atoms with E-state index >= 15 is 0 Å². The number of fused-ring (bicyclic) bond motifs is 4. The summed E-state index contributed by atoms with van der Waals surface area (Å²) in [5.41, 5.74) is 5.33. The Labute approximate surface area is 324 Å². The third-order valence-electron chi connectivity index (χ3n) is 12.0. The number of ether oxygens (including phenoxy) is 4. The molecule has 0 amide bonds. The first-order chi connectivity index (χ1) is 26.1. The summed E-state index contributed by atoms with van der Waals surface area (Å²) in [5, 5.41) is 0. The van der Waals surface area contributed by atoms with E-state index in [0.29, 0.717) is 24.3 Å². The molecule has 0 aliphatic carbocycles. The highest BCUT2D eigenvalue weighted by atomic mass is 16.7. The molecule has 0 unspecified atom stereocenters. The first kappa shape index (κ1) is 35.9. The molecule has 0 saturated carbocycles. The van der Waals surface area contributed by atoms with Crippen LogP contribution in [0.4, 0.5) is 0 Å². The molecule has 0 radical (unpaired) electrons. The van der Waals surface area contributed by atoms with Crippen LogP contribution in [0.25, 0.3) is 0 Å². The van der Waals surface area contributed by atoms with Crippen LogP contribution in [0, 0.1) is 0 Å². The van der Waals surface area contributed by atoms with Crippen molar-refractivity contribution in [2.45, 2.75) is 96.9 Å². The fourth-order valence-electron chi connectivity index (χ4n) is 7.32. The zero-order valence-electron chi connectivity index (χ0n) is 32.7. The standard InChI is InChI=1S/C45H46B2O8/c1-42(2)43(3,4)53-46(52-42)33-14-18-37-29(24-33)22-31-26-35(16-20-39(31)50-37)48-41(28-12-10-9-11-13-28)49-36-17-21-40-32(27-36)23-30-25-34(15-19-38(30)51-40)47-54-44(5,6)45(7,8)55-47/h9-21,24-27,41H,22-23H2,1-8H3. The van der Waals surface area contributed by atoms with E-state index in [4.69, 9.17) is 37.6 Å². The van der Waals surface area contributed by atoms with Crippen molar-refractivity contribution in [1.29, 1.82) is 0 Å². The van der Waals surface area contributed by atoms with Gasteiger partial charge in [0.1, 0.15) is 34.5 Å². The van der Waals surface area contributed by atoms with Gasteiger partial charge in [0.05, 0.1) is 22.4 Å². The minimum atomic E-state index is -0.712. The SMILES string of the molecule is CC1(C)OB(c2ccc3c(c2)Cc2cc(OC(Oc4ccc5c(c4)Cc4cc(B6OC(C)(C)C(C)(C)O6)ccc4O5)c4ccccc4)ccc2O3)OC1(C)C. The average Bonchev–Trinajstić information content (AvgIpc) is 3.51. The number of rotatable bonds is 7. The summed E-state index contributed by atoms with van der Waals surface area (Å²) in [6.45, 7) is 16.5. The molecule has 0 N–H and O–H groups in total. The van der Waals surface area contributed by atoms with Crippen molar-refractivity contribution < 1.29 is 37.6 Å². The first-order valence-corrected chi connectivity index (χ1v) is 19.1. The third kappa shape index (κ3) is 6.59. The molecule has 280 valence electrons. The van der Waals surface area contributed by atoms with Crippen LogP contribution < -0.4 is 29.9 Å². The topological polar surface area (TPSA) is 73.8 Å². The average molecular weight is 736 g/mol. The highest BCUT2D eigenvalue weighted by Gasteiger charge is 2.53. The quantitative estimate of drug-likeness (QED) is 0.119. The predicted molar refractivity (Wildman–Crippen MR) is 213 cm³/mol. The predicted octanol–water partition coefficient (Wildman–Crippen LogP) is 8.83. The second-order valence-electron chi connectivity index (χ2n) is 17.0. The fourth-order valence-corrected chi connectivity index (χ4v) is 7.32. The van der Waals surface area contributed by atoms with Crippen LogP contribution in [0.5, 0.6) is 34.5 Å². The van der Waals surface area contributed by atoms with Gasteiger partial charge in [-0.05, 0) is 126 Å². The molecule has 0 aromatic heterocycles. The van der Waals surface area contributed by atoms with Gasteiger partial charge in [-0.2, -0.15) is 0 Å². The smallest absolute Gasteiger partial charge is 0.457 e. The van der Waals surface area contributed by atoms with Crippen LogP contribution in [-0.2, 0) is 31.5 Å². The zero-order chi connectivity index (χ0) is 38.3. The van der Waals surface area contributed by atoms with Gasteiger partial charge in [0.25, 0.3) is 6.29 Å². The number of benzene rings is 5. The molecule has 55 heavy (non-hydrogen) atoms. The summed E-state index contributed by atoms with van der Waals surface area (Å²) in [6.07, 6.45) is 0.638. The van der Waals surface area contributed by atoms with Crippen molar-refractivity contribution in [2.75, 3.05) is 0 Å². The highest BCUT2D eigenvalue weighted by Crippen LogP contribution is 2.43. The Hall–Kier alpha value is -4.73. The Balaban J connectivity index is 0.935. The molecular weight excluding hydrogens is 690 g/mol. The summed E-state index contributed by atoms with van der Waals surface area (Å²) in [7, 11) is -0.891. The lowest BCUT2D eigenvalue weighted by Gasteiger charge is -2.32. The van der Waals surface area contributed by atoms with E-state index in [9.17, 15) is 0 Å². The van der Waals surface area contributed by atoms with E-state index < -0.39 is 42.9 Å². The van der Waals surface area contributed by atoms with Gasteiger partial charge in [0.2, 0.25) is 0 Å². The molecule has 5 aromatic rings. The molecule has 0 atom stereocenters. The zero-order valence-corrected chi connectivity index (χ0v) is 32.7. The monoisotopic (exact) mass is 736 g/mol. The summed E-state index contributed by atoms with van der Waals surface area (Å²) in [4.78, 5) is 0. The van der Waals surface area contributed by atoms with Gasteiger partial charge in [-0.3, -0.25) is 0 Å². The molecule has 0 bridgehead atoms. The van der Waals surface area contributed by atoms with Crippen molar-refractivity contribution in [3.05, 3.63) is 131 Å². The fraction of sp³-hybridized carbons (Fsp3) is 0.333. The van der Waals surface area contributed by atoms with Crippen molar-refractivity contribution >= 4 is 25.2 Å². The second-order valence-corrected chi connectivity index (χ2v) is 17.0. The summed E-state index contributed by atoms with van der Waals surface area (Å²) in [6, 6.07) is 34.1. The molecule has 5 aromatic carbocycles. The summed E-state index contributed by atoms with van der Waals surface area (Å²) >= 11 is 0. The van der Waals surface area contributed by atoms with Gasteiger partial charge in [0, 0.05) is 29.5 Å². The largest absolute Gasteiger partial charge is 0.494 e. The van der Waals surface area contributed by atoms with Gasteiger partial charge in [-0.1, -0.05) is 54.6 Å². The summed E-state index contributed by atoms with van der Waals surface area (Å²) in [5.74, 6) is 4.61. The molecule has 10 heteroatoms. The molecule has 0 spiro atoms. The lowest BCUT2D eigenvalue weighted by atomic mass is 9.77. The van der Waals surface area contributed by atoms with Crippen LogP contribution in [-0.4, -0.2) is 36.6 Å². The number of hydrogen-bond acceptors (Lipinski definition) is 8. The minimum Gasteiger partial charge on any atom is -0.457 e. The van der Waals surface area contributed by atoms with Gasteiger partial charge >= 0.3 is 14.2 Å². The molecule has 2 fully saturated rings. The molecular formula is C45H46B2O8. The molecule has 4 aliphatic rings. The second kappa shape index (κ2) is 12.9. The molecule has 4 aliphatic heterocycles. The van der Waals surface area contributed by atoms with Crippen LogP contribution in [0.3, 0.4) is 0 Å². The third-order valence-corrected chi connectivity index (χ3v) is 12.0. The normalized spacial score (nSPS) is 19.4. The lowest BCUT2D eigenvalue weighted by molar-refractivity contribution is 0.00363. The van der Waals surface area contributed by atoms with E-state index in [1.54, 1.807) is 0 Å². The Morgan fingerprint density at radius 1 is 0.455 bits per heavy atom. The molecule has 4 heterocycles. The van der Waals surface area contributed by atoms with Crippen molar-refractivity contribution in [2.24, 2.45) is 0 Å². The summed E-state index contributed by atoms with van der Waals surface area (Å²) < 4.78 is 51.3. The maximum Gasteiger partial charge on any atom is 0.494 e. The Kier molecular flexibility index (Phi) is 8.44. The van der Waals surface area contributed by atoms with Crippen LogP contribution >= 0.6 is 0 Å². The van der Waals surface area contributed by atoms with Crippen molar-refractivity contribution in [1.82, 2.24) is 0 Å². The molecule has 9 rings (SSSR count). The van der Waals surface area contributed by atoms with Gasteiger partial charge in [-0.15, -0.1) is 0 Å². The van der Waals surface area contributed by atoms with E-state index in [2.05, 4.69) is 67.5 Å². The molecule has 2 saturated heterocycles. The van der Waals surface area contributed by atoms with Crippen molar-refractivity contribution in [3.8, 4) is 34.5 Å². The first-order valence-electron chi connectivity index (χ1n) is 19.1. The van der Waals surface area contributed by atoms with E-state index in [0.717, 1.165) is 61.7 Å². The highest BCUT2D eigenvalue weighted by molar-refractivity contribution is 6.62. The Morgan fingerprint density at radius 3 is 1.22 bits per heavy atom. The maximum absolute atomic E-state index is 6.64. The molecule has 8 nitrogen and oxygen atoms in total. The van der Waals surface area contributed by atoms with E-state index in [1.807, 2.05) is 91.0 Å². The van der Waals surface area contributed by atoms with Crippen LogP contribution in [0.15, 0.2) is 103 Å². The lowest BCUT2D eigenvalue weighted by Crippen LogP contribution is -2.41. The van der Waals surface area contributed by atoms with E-state index in [1.165, 1.54) is 0 Å². The van der Waals surface area contributed by atoms with E-state index in [-0.39, 0.29) is 0 Å². The van der Waals surface area contributed by atoms with Crippen molar-refractivity contribution in [3.63, 3.8) is 0 Å².